The lowest BCUT2D eigenvalue weighted by Crippen LogP contribution is -2.41. The van der Waals surface area contributed by atoms with Gasteiger partial charge in [-0.1, -0.05) is 134 Å². The number of esters is 3. The van der Waals surface area contributed by atoms with Crippen LogP contribution in [0, 0.1) is 0 Å². The maximum atomic E-state index is 14.0. The molecule has 3 aromatic heterocycles. The lowest BCUT2D eigenvalue weighted by Gasteiger charge is -2.31. The molecule has 12 aromatic carbocycles. The van der Waals surface area contributed by atoms with Crippen molar-refractivity contribution < 1.29 is 71.2 Å². The van der Waals surface area contributed by atoms with E-state index in [0.29, 0.717) is 49.6 Å². The first-order chi connectivity index (χ1) is 56.0. The van der Waals surface area contributed by atoms with E-state index in [1.165, 1.54) is 0 Å². The summed E-state index contributed by atoms with van der Waals surface area (Å²) in [5.74, 6) is -2.93. The number of hydrogen-bond donors (Lipinski definition) is 0. The summed E-state index contributed by atoms with van der Waals surface area (Å²) in [5.41, 5.74) is 6.16. The SMILES string of the molecule is CCC(OCOCCOC(=O)COc1ccc2c(c1)c(=O)c1ccccc1[s+]2-c1ccc(-c2ccccc2)cc1)(OCOCCOC(=O)COc1ccc2c(c1)c(=O)c1ccccc1[s+]2-c1ccc(-c2ccccc2)cc1)OCOCCOC(=O)COc1ccc2c(c1)c(=O)c1ccccc1[s+]2-c1ccc(-c2ccccc2)cc1. The molecular weight excluding hydrogens is 1500 g/mol. The maximum absolute atomic E-state index is 14.0. The third-order valence-electron chi connectivity index (χ3n) is 19.0. The van der Waals surface area contributed by atoms with Crippen LogP contribution in [0.2, 0.25) is 0 Å². The highest BCUT2D eigenvalue weighted by Gasteiger charge is 2.34. The summed E-state index contributed by atoms with van der Waals surface area (Å²) in [7, 11) is -1.78. The van der Waals surface area contributed by atoms with Crippen LogP contribution in [0.4, 0.5) is 0 Å². The molecule has 21 heteroatoms. The van der Waals surface area contributed by atoms with Crippen LogP contribution in [-0.2, 0) is 57.0 Å². The Morgan fingerprint density at radius 2 is 0.535 bits per heavy atom. The van der Waals surface area contributed by atoms with Crippen LogP contribution in [-0.4, -0.2) is 104 Å². The molecule has 0 bridgehead atoms. The van der Waals surface area contributed by atoms with Crippen molar-refractivity contribution in [2.24, 2.45) is 0 Å². The molecule has 572 valence electrons. The summed E-state index contributed by atoms with van der Waals surface area (Å²) >= 11 is 0. The number of rotatable bonds is 34. The fourth-order valence-electron chi connectivity index (χ4n) is 13.4. The van der Waals surface area contributed by atoms with Crippen molar-refractivity contribution in [1.29, 1.82) is 0 Å². The Bertz CT molecular complexity index is 5540. The van der Waals surface area contributed by atoms with Gasteiger partial charge >= 0.3 is 17.9 Å². The van der Waals surface area contributed by atoms with Crippen LogP contribution in [0.5, 0.6) is 17.2 Å². The fourth-order valence-corrected chi connectivity index (χ4v) is 20.3. The van der Waals surface area contributed by atoms with Gasteiger partial charge in [0.2, 0.25) is 16.3 Å². The summed E-state index contributed by atoms with van der Waals surface area (Å²) in [6, 6.07) is 94.4. The predicted molar refractivity (Wildman–Crippen MR) is 449 cm³/mol. The number of fused-ring (bicyclic) bond motifs is 6. The molecule has 18 nitrogen and oxygen atoms in total. The number of carbonyl (C=O) groups excluding carboxylic acids is 3. The van der Waals surface area contributed by atoms with Crippen molar-refractivity contribution in [2.75, 3.05) is 79.8 Å². The lowest BCUT2D eigenvalue weighted by molar-refractivity contribution is -0.427. The molecule has 0 radical (unpaired) electrons. The minimum absolute atomic E-state index is 0.0608. The second-order valence-electron chi connectivity index (χ2n) is 26.1. The molecule has 15 aromatic rings. The molecule has 0 saturated carbocycles. The number of hydrogen-bond acceptors (Lipinski definition) is 18. The number of ether oxygens (including phenoxy) is 12. The van der Waals surface area contributed by atoms with Crippen molar-refractivity contribution in [3.63, 3.8) is 0 Å². The molecule has 3 heterocycles. The molecule has 114 heavy (non-hydrogen) atoms. The zero-order valence-corrected chi connectivity index (χ0v) is 64.4. The van der Waals surface area contributed by atoms with Gasteiger partial charge in [0, 0.05) is 56.0 Å². The van der Waals surface area contributed by atoms with Crippen molar-refractivity contribution in [3.05, 3.63) is 322 Å². The first-order valence-corrected chi connectivity index (χ1v) is 40.7. The van der Waals surface area contributed by atoms with Crippen molar-refractivity contribution in [2.45, 2.75) is 19.3 Å². The van der Waals surface area contributed by atoms with Gasteiger partial charge in [0.15, 0.2) is 83.1 Å². The van der Waals surface area contributed by atoms with Gasteiger partial charge in [0.05, 0.1) is 52.1 Å². The minimum atomic E-state index is -1.84. The largest absolute Gasteiger partial charge is 0.482 e. The highest BCUT2D eigenvalue weighted by atomic mass is 32.2. The average Bonchev–Trinajstić information content (AvgIpc) is 0.755. The summed E-state index contributed by atoms with van der Waals surface area (Å²) in [4.78, 5) is 84.4. The average molecular weight is 1580 g/mol. The topological polar surface area (TPSA) is 213 Å². The zero-order chi connectivity index (χ0) is 78.2. The van der Waals surface area contributed by atoms with Crippen LogP contribution < -0.4 is 30.5 Å². The number of benzene rings is 12. The van der Waals surface area contributed by atoms with Gasteiger partial charge in [-0.3, -0.25) is 14.4 Å². The molecular formula is C93H77O18S3+3. The zero-order valence-electron chi connectivity index (χ0n) is 62.0. The van der Waals surface area contributed by atoms with Gasteiger partial charge in [-0.2, -0.15) is 0 Å². The third kappa shape index (κ3) is 17.9. The first kappa shape index (κ1) is 77.2. The van der Waals surface area contributed by atoms with Crippen LogP contribution >= 0.6 is 31.4 Å². The lowest BCUT2D eigenvalue weighted by atomic mass is 10.1. The van der Waals surface area contributed by atoms with E-state index in [-0.39, 0.29) is 62.3 Å². The molecule has 0 aliphatic heterocycles. The van der Waals surface area contributed by atoms with Gasteiger partial charge in [-0.15, -0.1) is 0 Å². The monoisotopic (exact) mass is 1580 g/mol. The Hall–Kier alpha value is -12.1. The quantitative estimate of drug-likeness (QED) is 0.00915. The molecule has 0 N–H and O–H groups in total. The highest BCUT2D eigenvalue weighted by molar-refractivity contribution is 7.50. The molecule has 0 fully saturated rings. The molecule has 0 saturated heterocycles. The van der Waals surface area contributed by atoms with Crippen molar-refractivity contribution in [1.82, 2.24) is 0 Å². The van der Waals surface area contributed by atoms with Crippen LogP contribution in [0.15, 0.2) is 306 Å². The minimum Gasteiger partial charge on any atom is -0.482 e. The smallest absolute Gasteiger partial charge is 0.344 e. The van der Waals surface area contributed by atoms with Crippen LogP contribution in [0.1, 0.15) is 13.3 Å². The van der Waals surface area contributed by atoms with Gasteiger partial charge in [-0.05, 0) is 179 Å². The van der Waals surface area contributed by atoms with E-state index in [0.717, 1.165) is 76.3 Å². The Labute approximate surface area is 663 Å². The molecule has 0 amide bonds. The maximum Gasteiger partial charge on any atom is 0.344 e. The van der Waals surface area contributed by atoms with Gasteiger partial charge in [0.25, 0.3) is 5.97 Å². The normalized spacial score (nSPS) is 12.4. The molecule has 0 spiro atoms. The standard InChI is InChI=1S/C93H77O18S3/c1-2-93(109-60-100-48-51-103-87(94)57-106-69-36-45-84-78(54-69)90(97)75-24-12-15-27-81(75)112(84)72-39-30-66(31-40-72)63-18-6-3-7-19-63,110-61-101-49-52-104-88(95)58-107-70-37-46-85-79(55-70)91(98)76-25-13-16-28-82(76)113(85)73-41-32-67(33-42-73)64-20-8-4-9-21-64)111-62-102-50-53-105-89(96)59-108-71-38-47-86-80(56-71)92(99)77-26-14-17-29-83(77)114(86)74-43-34-68(35-44-74)65-22-10-5-11-23-65/h3-47,54-56H,2,48-53,57-62H2,1H3/q+3. The third-order valence-corrected chi connectivity index (χ3v) is 26.0. The Morgan fingerprint density at radius 3 is 0.816 bits per heavy atom. The van der Waals surface area contributed by atoms with Crippen LogP contribution in [0.25, 0.3) is 109 Å². The van der Waals surface area contributed by atoms with E-state index in [2.05, 4.69) is 109 Å². The second kappa shape index (κ2) is 36.6. The summed E-state index contributed by atoms with van der Waals surface area (Å²) in [6.45, 7) is -1.77. The second-order valence-corrected chi connectivity index (χ2v) is 32.0. The summed E-state index contributed by atoms with van der Waals surface area (Å²) in [6.07, 6.45) is 0.0608. The molecule has 15 rings (SSSR count). The van der Waals surface area contributed by atoms with E-state index >= 15 is 0 Å². The Kier molecular flexibility index (Phi) is 24.8. The highest BCUT2D eigenvalue weighted by Crippen LogP contribution is 2.48. The predicted octanol–water partition coefficient (Wildman–Crippen LogP) is 19.1. The first-order valence-electron chi connectivity index (χ1n) is 37.0. The van der Waals surface area contributed by atoms with E-state index in [1.54, 1.807) is 43.3 Å². The van der Waals surface area contributed by atoms with Gasteiger partial charge < -0.3 is 56.8 Å². The van der Waals surface area contributed by atoms with E-state index in [1.807, 2.05) is 146 Å². The van der Waals surface area contributed by atoms with E-state index < -0.39 is 95.5 Å². The summed E-state index contributed by atoms with van der Waals surface area (Å²) < 4.78 is 74.5. The Balaban J connectivity index is 0.538. The van der Waals surface area contributed by atoms with Gasteiger partial charge in [-0.25, -0.2) is 14.4 Å². The van der Waals surface area contributed by atoms with E-state index in [4.69, 9.17) is 56.8 Å². The van der Waals surface area contributed by atoms with Crippen LogP contribution in [0.3, 0.4) is 0 Å². The molecule has 3 unspecified atom stereocenters. The number of carbonyl (C=O) groups is 3. The van der Waals surface area contributed by atoms with E-state index in [9.17, 15) is 28.8 Å². The fraction of sp³-hybridized carbons (Fsp3) is 0.161. The Morgan fingerprint density at radius 1 is 0.281 bits per heavy atom. The van der Waals surface area contributed by atoms with Crippen molar-refractivity contribution >= 4 is 110 Å². The molecule has 0 aliphatic carbocycles. The summed E-state index contributed by atoms with van der Waals surface area (Å²) in [5, 5.41) is 3.29. The molecule has 0 aliphatic rings. The molecule has 3 atom stereocenters. The van der Waals surface area contributed by atoms with Crippen molar-refractivity contribution in [3.8, 4) is 65.3 Å². The van der Waals surface area contributed by atoms with Gasteiger partial charge in [0.1, 0.15) is 37.1 Å².